The van der Waals surface area contributed by atoms with Crippen molar-refractivity contribution in [2.75, 3.05) is 43.1 Å². The molecule has 2 aliphatic rings. The molecule has 0 spiro atoms. The third kappa shape index (κ3) is 4.42. The van der Waals surface area contributed by atoms with Gasteiger partial charge >= 0.3 is 6.03 Å². The van der Waals surface area contributed by atoms with Gasteiger partial charge in [0.1, 0.15) is 0 Å². The van der Waals surface area contributed by atoms with Gasteiger partial charge in [-0.2, -0.15) is 0 Å². The normalized spacial score (nSPS) is 19.7. The van der Waals surface area contributed by atoms with Crippen molar-refractivity contribution in [3.63, 3.8) is 0 Å². The van der Waals surface area contributed by atoms with Gasteiger partial charge in [-0.25, -0.2) is 4.79 Å². The minimum atomic E-state index is -0.0461. The number of carbonyl (C=O) groups is 1. The zero-order valence-electron chi connectivity index (χ0n) is 15.9. The van der Waals surface area contributed by atoms with Crippen molar-refractivity contribution in [2.24, 2.45) is 0 Å². The maximum Gasteiger partial charge on any atom is 0.322 e. The van der Waals surface area contributed by atoms with Gasteiger partial charge < -0.3 is 19.9 Å². The van der Waals surface area contributed by atoms with Crippen molar-refractivity contribution >= 4 is 29.0 Å². The van der Waals surface area contributed by atoms with Gasteiger partial charge in [0.2, 0.25) is 0 Å². The highest BCUT2D eigenvalue weighted by Crippen LogP contribution is 2.31. The van der Waals surface area contributed by atoms with Crippen LogP contribution in [0.3, 0.4) is 0 Å². The number of benzene rings is 2. The Bertz CT molecular complexity index is 809. The summed E-state index contributed by atoms with van der Waals surface area (Å²) < 4.78 is 5.45. The molecule has 4 rings (SSSR count). The Balaban J connectivity index is 1.49. The SMILES string of the molecule is O=C(Nc1cc(Cl)ccc1N1CCOCC1)N1CCC[C@@H]1Cc1ccccc1. The maximum atomic E-state index is 13.1. The van der Waals surface area contributed by atoms with Crippen molar-refractivity contribution in [2.45, 2.75) is 25.3 Å². The topological polar surface area (TPSA) is 44.8 Å². The summed E-state index contributed by atoms with van der Waals surface area (Å²) >= 11 is 6.23. The van der Waals surface area contributed by atoms with Crippen LogP contribution >= 0.6 is 11.6 Å². The van der Waals surface area contributed by atoms with Crippen LogP contribution < -0.4 is 10.2 Å². The van der Waals surface area contributed by atoms with Crippen molar-refractivity contribution in [3.05, 3.63) is 59.1 Å². The third-order valence-electron chi connectivity index (χ3n) is 5.50. The lowest BCUT2D eigenvalue weighted by Crippen LogP contribution is -2.41. The summed E-state index contributed by atoms with van der Waals surface area (Å²) in [5.74, 6) is 0. The van der Waals surface area contributed by atoms with E-state index in [4.69, 9.17) is 16.3 Å². The molecule has 0 bridgehead atoms. The summed E-state index contributed by atoms with van der Waals surface area (Å²) in [4.78, 5) is 17.3. The molecule has 2 aromatic rings. The minimum absolute atomic E-state index is 0.0461. The highest BCUT2D eigenvalue weighted by molar-refractivity contribution is 6.31. The van der Waals surface area contributed by atoms with Crippen LogP contribution in [0, 0.1) is 0 Å². The van der Waals surface area contributed by atoms with Gasteiger partial charge in [-0.15, -0.1) is 0 Å². The molecule has 1 atom stereocenters. The molecule has 0 aliphatic carbocycles. The molecule has 2 fully saturated rings. The van der Waals surface area contributed by atoms with Gasteiger partial charge in [0.15, 0.2) is 0 Å². The van der Waals surface area contributed by atoms with Gasteiger partial charge in [0.25, 0.3) is 0 Å². The van der Waals surface area contributed by atoms with E-state index in [1.807, 2.05) is 29.2 Å². The second kappa shape index (κ2) is 8.84. The lowest BCUT2D eigenvalue weighted by atomic mass is 10.0. The summed E-state index contributed by atoms with van der Waals surface area (Å²) in [6.45, 7) is 3.80. The molecule has 2 amide bonds. The van der Waals surface area contributed by atoms with Crippen LogP contribution in [-0.2, 0) is 11.2 Å². The molecule has 0 radical (unpaired) electrons. The molecule has 0 aromatic heterocycles. The second-order valence-corrected chi connectivity index (χ2v) is 7.81. The van der Waals surface area contributed by atoms with Gasteiger partial charge in [-0.05, 0) is 43.0 Å². The Morgan fingerprint density at radius 3 is 2.68 bits per heavy atom. The van der Waals surface area contributed by atoms with E-state index in [1.54, 1.807) is 0 Å². The largest absolute Gasteiger partial charge is 0.378 e. The molecule has 2 aromatic carbocycles. The number of urea groups is 1. The Morgan fingerprint density at radius 1 is 1.11 bits per heavy atom. The Labute approximate surface area is 171 Å². The number of nitrogens with one attached hydrogen (secondary N) is 1. The van der Waals surface area contributed by atoms with Crippen LogP contribution in [0.15, 0.2) is 48.5 Å². The highest BCUT2D eigenvalue weighted by atomic mass is 35.5. The molecular formula is C22H26ClN3O2. The van der Waals surface area contributed by atoms with Crippen LogP contribution in [0.4, 0.5) is 16.2 Å². The molecule has 28 heavy (non-hydrogen) atoms. The molecule has 1 N–H and O–H groups in total. The Kier molecular flexibility index (Phi) is 6.03. The first kappa shape index (κ1) is 19.1. The first-order chi connectivity index (χ1) is 13.7. The lowest BCUT2D eigenvalue weighted by molar-refractivity contribution is 0.123. The summed E-state index contributed by atoms with van der Waals surface area (Å²) in [6, 6.07) is 16.3. The van der Waals surface area contributed by atoms with Crippen molar-refractivity contribution in [3.8, 4) is 0 Å². The lowest BCUT2D eigenvalue weighted by Gasteiger charge is -2.31. The zero-order chi connectivity index (χ0) is 19.3. The fourth-order valence-corrected chi connectivity index (χ4v) is 4.25. The minimum Gasteiger partial charge on any atom is -0.378 e. The summed E-state index contributed by atoms with van der Waals surface area (Å²) in [7, 11) is 0. The van der Waals surface area contributed by atoms with Crippen molar-refractivity contribution in [1.82, 2.24) is 4.90 Å². The van der Waals surface area contributed by atoms with E-state index >= 15 is 0 Å². The maximum absolute atomic E-state index is 13.1. The summed E-state index contributed by atoms with van der Waals surface area (Å²) in [6.07, 6.45) is 2.96. The van der Waals surface area contributed by atoms with E-state index in [9.17, 15) is 4.79 Å². The first-order valence-electron chi connectivity index (χ1n) is 9.94. The molecule has 0 unspecified atom stereocenters. The number of nitrogens with zero attached hydrogens (tertiary/aromatic N) is 2. The second-order valence-electron chi connectivity index (χ2n) is 7.37. The molecule has 0 saturated carbocycles. The van der Waals surface area contributed by atoms with E-state index in [2.05, 4.69) is 34.5 Å². The van der Waals surface area contributed by atoms with Gasteiger partial charge in [0.05, 0.1) is 24.6 Å². The number of likely N-dealkylation sites (tertiary alicyclic amines) is 1. The number of hydrogen-bond donors (Lipinski definition) is 1. The summed E-state index contributed by atoms with van der Waals surface area (Å²) in [5.41, 5.74) is 3.04. The zero-order valence-corrected chi connectivity index (χ0v) is 16.7. The smallest absolute Gasteiger partial charge is 0.322 e. The van der Waals surface area contributed by atoms with Crippen molar-refractivity contribution in [1.29, 1.82) is 0 Å². The predicted molar refractivity (Wildman–Crippen MR) is 113 cm³/mol. The monoisotopic (exact) mass is 399 g/mol. The van der Waals surface area contributed by atoms with Gasteiger partial charge in [-0.1, -0.05) is 41.9 Å². The molecule has 5 nitrogen and oxygen atoms in total. The first-order valence-corrected chi connectivity index (χ1v) is 10.3. The molecule has 148 valence electrons. The Hall–Kier alpha value is -2.24. The number of morpholine rings is 1. The van der Waals surface area contributed by atoms with Crippen LogP contribution in [0.5, 0.6) is 0 Å². The van der Waals surface area contributed by atoms with Crippen LogP contribution in [0.2, 0.25) is 5.02 Å². The van der Waals surface area contributed by atoms with Crippen LogP contribution in [0.1, 0.15) is 18.4 Å². The van der Waals surface area contributed by atoms with E-state index in [1.165, 1.54) is 5.56 Å². The molecular weight excluding hydrogens is 374 g/mol. The number of ether oxygens (including phenoxy) is 1. The number of hydrogen-bond acceptors (Lipinski definition) is 3. The highest BCUT2D eigenvalue weighted by Gasteiger charge is 2.29. The fraction of sp³-hybridized carbons (Fsp3) is 0.409. The van der Waals surface area contributed by atoms with Crippen molar-refractivity contribution < 1.29 is 9.53 Å². The molecule has 6 heteroatoms. The number of anilines is 2. The average Bonchev–Trinajstić information content (AvgIpc) is 3.18. The number of halogens is 1. The quantitative estimate of drug-likeness (QED) is 0.827. The predicted octanol–water partition coefficient (Wildman–Crippen LogP) is 4.42. The van der Waals surface area contributed by atoms with Crippen LogP contribution in [-0.4, -0.2) is 49.8 Å². The van der Waals surface area contributed by atoms with Crippen LogP contribution in [0.25, 0.3) is 0 Å². The molecule has 2 heterocycles. The number of amides is 2. The number of carbonyl (C=O) groups excluding carboxylic acids is 1. The third-order valence-corrected chi connectivity index (χ3v) is 5.74. The van der Waals surface area contributed by atoms with E-state index in [0.29, 0.717) is 18.2 Å². The van der Waals surface area contributed by atoms with E-state index in [0.717, 1.165) is 50.3 Å². The molecule has 2 aliphatic heterocycles. The van der Waals surface area contributed by atoms with Gasteiger partial charge in [0, 0.05) is 30.7 Å². The molecule has 2 saturated heterocycles. The Morgan fingerprint density at radius 2 is 1.89 bits per heavy atom. The van der Waals surface area contributed by atoms with E-state index < -0.39 is 0 Å². The van der Waals surface area contributed by atoms with Gasteiger partial charge in [-0.3, -0.25) is 0 Å². The summed E-state index contributed by atoms with van der Waals surface area (Å²) in [5, 5.41) is 3.75. The fourth-order valence-electron chi connectivity index (χ4n) is 4.08. The average molecular weight is 400 g/mol. The number of rotatable bonds is 4. The van der Waals surface area contributed by atoms with E-state index in [-0.39, 0.29) is 12.1 Å². The standard InChI is InChI=1S/C22H26ClN3O2/c23-18-8-9-21(25-11-13-28-14-12-25)20(16-18)24-22(27)26-10-4-7-19(26)15-17-5-2-1-3-6-17/h1-3,5-6,8-9,16,19H,4,7,10-15H2,(H,24,27)/t19-/m1/s1.